The number of nitrogens with one attached hydrogen (secondary N) is 1. The molecule has 14 heteroatoms. The Kier molecular flexibility index (Phi) is 8.73. The van der Waals surface area contributed by atoms with Gasteiger partial charge in [-0.25, -0.2) is 9.36 Å². The number of aliphatic hydroxyl groups is 1. The molecule has 37 heavy (non-hydrogen) atoms. The van der Waals surface area contributed by atoms with Crippen molar-refractivity contribution >= 4 is 19.5 Å². The van der Waals surface area contributed by atoms with E-state index in [0.717, 1.165) is 4.57 Å². The van der Waals surface area contributed by atoms with Crippen LogP contribution in [0.25, 0.3) is 0 Å². The van der Waals surface area contributed by atoms with Gasteiger partial charge >= 0.3 is 19.4 Å². The van der Waals surface area contributed by atoms with Gasteiger partial charge in [0.2, 0.25) is 0 Å². The van der Waals surface area contributed by atoms with E-state index in [2.05, 4.69) is 10.1 Å². The van der Waals surface area contributed by atoms with Gasteiger partial charge in [-0.1, -0.05) is 18.2 Å². The maximum Gasteiger partial charge on any atom is 0.459 e. The van der Waals surface area contributed by atoms with E-state index in [4.69, 9.17) is 24.3 Å². The fraction of sp³-hybridized carbons (Fsp3) is 0.478. The summed E-state index contributed by atoms with van der Waals surface area (Å²) in [6, 6.07) is 10.4. The number of hydrogen-bond donors (Lipinski definition) is 3. The Morgan fingerprint density at radius 2 is 2.03 bits per heavy atom. The molecule has 1 aromatic carbocycles. The molecule has 1 aliphatic heterocycles. The first kappa shape index (κ1) is 28.3. The fourth-order valence-corrected chi connectivity index (χ4v) is 5.13. The van der Waals surface area contributed by atoms with Crippen molar-refractivity contribution in [3.05, 3.63) is 53.1 Å². The van der Waals surface area contributed by atoms with E-state index in [-0.39, 0.29) is 11.6 Å². The summed E-state index contributed by atoms with van der Waals surface area (Å²) in [6.45, 7) is 5.66. The number of benzene rings is 1. The molecule has 13 nitrogen and oxygen atoms in total. The molecular weight excluding hydrogens is 505 g/mol. The Bertz CT molecular complexity index is 1250. The smallest absolute Gasteiger partial charge is 0.459 e. The Morgan fingerprint density at radius 3 is 2.62 bits per heavy atom. The minimum absolute atomic E-state index is 0.0199. The number of nitriles is 1. The molecular formula is C23H30N5O8P. The predicted octanol–water partition coefficient (Wildman–Crippen LogP) is 1.75. The number of carbonyl (C=O) groups excluding carboxylic acids is 1. The highest BCUT2D eigenvalue weighted by atomic mass is 31.2. The molecule has 0 radical (unpaired) electrons. The largest absolute Gasteiger partial charge is 0.462 e. The van der Waals surface area contributed by atoms with Crippen molar-refractivity contribution in [1.29, 1.82) is 5.26 Å². The minimum Gasteiger partial charge on any atom is -0.462 e. The highest BCUT2D eigenvalue weighted by Gasteiger charge is 2.55. The molecule has 6 atom stereocenters. The average Bonchev–Trinajstić information content (AvgIpc) is 3.08. The molecule has 1 aromatic heterocycles. The van der Waals surface area contributed by atoms with Gasteiger partial charge < -0.3 is 24.8 Å². The second kappa shape index (κ2) is 11.4. The second-order valence-corrected chi connectivity index (χ2v) is 10.6. The van der Waals surface area contributed by atoms with Crippen LogP contribution >= 0.6 is 7.75 Å². The van der Waals surface area contributed by atoms with Crippen LogP contribution in [0.5, 0.6) is 5.75 Å². The van der Waals surface area contributed by atoms with Gasteiger partial charge in [-0.05, 0) is 45.9 Å². The van der Waals surface area contributed by atoms with Gasteiger partial charge in [0.15, 0.2) is 6.23 Å². The maximum absolute atomic E-state index is 13.7. The molecule has 0 bridgehead atoms. The number of para-hydroxylation sites is 1. The van der Waals surface area contributed by atoms with Gasteiger partial charge in [-0.2, -0.15) is 15.3 Å². The van der Waals surface area contributed by atoms with Crippen LogP contribution < -0.4 is 21.0 Å². The number of nitrogens with zero attached hydrogens (tertiary/aromatic N) is 3. The van der Waals surface area contributed by atoms with Crippen LogP contribution in [-0.4, -0.2) is 51.6 Å². The summed E-state index contributed by atoms with van der Waals surface area (Å²) in [5.74, 6) is -0.511. The molecule has 3 rings (SSSR count). The van der Waals surface area contributed by atoms with Crippen LogP contribution in [0, 0.1) is 16.7 Å². The van der Waals surface area contributed by atoms with Crippen molar-refractivity contribution in [1.82, 2.24) is 14.6 Å². The Morgan fingerprint density at radius 1 is 1.35 bits per heavy atom. The van der Waals surface area contributed by atoms with E-state index in [0.29, 0.717) is 0 Å². The van der Waals surface area contributed by atoms with Crippen LogP contribution in [0.1, 0.15) is 33.9 Å². The molecule has 0 amide bonds. The first-order valence-electron chi connectivity index (χ1n) is 11.5. The Balaban J connectivity index is 1.83. The summed E-state index contributed by atoms with van der Waals surface area (Å²) >= 11 is 0. The van der Waals surface area contributed by atoms with Crippen molar-refractivity contribution < 1.29 is 33.0 Å². The van der Waals surface area contributed by atoms with Gasteiger partial charge in [-0.15, -0.1) is 0 Å². The third kappa shape index (κ3) is 6.54. The van der Waals surface area contributed by atoms with Gasteiger partial charge in [0.05, 0.1) is 18.8 Å². The summed E-state index contributed by atoms with van der Waals surface area (Å²) in [5, 5.41) is 23.3. The molecule has 0 saturated carbocycles. The highest BCUT2D eigenvalue weighted by molar-refractivity contribution is 7.52. The van der Waals surface area contributed by atoms with Gasteiger partial charge in [0, 0.05) is 6.20 Å². The summed E-state index contributed by atoms with van der Waals surface area (Å²) in [6.07, 6.45) is -3.01. The lowest BCUT2D eigenvalue weighted by Gasteiger charge is -2.26. The van der Waals surface area contributed by atoms with Crippen molar-refractivity contribution in [3.8, 4) is 11.8 Å². The number of rotatable bonds is 10. The molecule has 2 heterocycles. The van der Waals surface area contributed by atoms with Crippen LogP contribution in [0.15, 0.2) is 47.4 Å². The number of anilines is 1. The number of ether oxygens (including phenoxy) is 2. The Hall–Kier alpha value is -3.27. The fourth-order valence-electron chi connectivity index (χ4n) is 3.63. The topological polar surface area (TPSA) is 188 Å². The van der Waals surface area contributed by atoms with E-state index in [9.17, 15) is 24.5 Å². The lowest BCUT2D eigenvalue weighted by molar-refractivity contribution is -0.149. The SMILES string of the molecule is CC(C)OC(=O)C(C)NP(=O)(OC[C@H]1OC(n2ccc(N)nc2=O)[C@](C)(C#N)[C@@H]1O)Oc1ccccc1. The van der Waals surface area contributed by atoms with E-state index in [1.165, 1.54) is 26.1 Å². The van der Waals surface area contributed by atoms with Gasteiger partial charge in [0.25, 0.3) is 0 Å². The highest BCUT2D eigenvalue weighted by Crippen LogP contribution is 2.48. The normalized spacial score (nSPS) is 25.7. The molecule has 0 aliphatic carbocycles. The number of nitrogens with two attached hydrogens (primary N) is 1. The zero-order valence-corrected chi connectivity index (χ0v) is 21.7. The summed E-state index contributed by atoms with van der Waals surface area (Å²) < 4.78 is 36.8. The van der Waals surface area contributed by atoms with E-state index in [1.807, 2.05) is 6.07 Å². The summed E-state index contributed by atoms with van der Waals surface area (Å²) in [5.41, 5.74) is 3.17. The number of aromatic nitrogens is 2. The van der Waals surface area contributed by atoms with Crippen LogP contribution in [0.4, 0.5) is 5.82 Å². The predicted molar refractivity (Wildman–Crippen MR) is 131 cm³/mol. The van der Waals surface area contributed by atoms with Crippen molar-refractivity contribution in [2.75, 3.05) is 12.3 Å². The molecule has 2 aromatic rings. The monoisotopic (exact) mass is 535 g/mol. The van der Waals surface area contributed by atoms with Gasteiger partial charge in [0.1, 0.15) is 35.2 Å². The first-order chi connectivity index (χ1) is 17.4. The standard InChI is InChI=1S/C23H30N5O8P/c1-14(2)34-20(30)15(3)27-37(32,36-16-8-6-5-7-9-16)33-12-17-19(29)23(4,13-24)21(35-17)28-11-10-18(25)26-22(28)31/h5-11,14-15,17,19,21,29H,12H2,1-4H3,(H,27,32)(H2,25,26,31)/t15?,17-,19-,21?,23-,37?/m1/s1. The first-order valence-corrected chi connectivity index (χ1v) is 13.0. The van der Waals surface area contributed by atoms with E-state index in [1.54, 1.807) is 44.2 Å². The second-order valence-electron chi connectivity index (χ2n) is 8.94. The summed E-state index contributed by atoms with van der Waals surface area (Å²) in [4.78, 5) is 28.3. The molecule has 200 valence electrons. The number of carbonyl (C=O) groups is 1. The van der Waals surface area contributed by atoms with Crippen LogP contribution in [0.3, 0.4) is 0 Å². The van der Waals surface area contributed by atoms with Gasteiger partial charge in [-0.3, -0.25) is 13.9 Å². The van der Waals surface area contributed by atoms with E-state index < -0.39 is 62.0 Å². The quantitative estimate of drug-likeness (QED) is 0.296. The van der Waals surface area contributed by atoms with Crippen LogP contribution in [0.2, 0.25) is 0 Å². The molecule has 1 fully saturated rings. The zero-order valence-electron chi connectivity index (χ0n) is 20.8. The number of hydrogen-bond acceptors (Lipinski definition) is 11. The average molecular weight is 535 g/mol. The summed E-state index contributed by atoms with van der Waals surface area (Å²) in [7, 11) is -4.25. The van der Waals surface area contributed by atoms with Crippen molar-refractivity contribution in [2.45, 2.75) is 58.3 Å². The van der Waals surface area contributed by atoms with Crippen molar-refractivity contribution in [2.24, 2.45) is 5.41 Å². The molecule has 0 spiro atoms. The lowest BCUT2D eigenvalue weighted by atomic mass is 9.84. The third-order valence-electron chi connectivity index (χ3n) is 5.56. The van der Waals surface area contributed by atoms with Crippen molar-refractivity contribution in [3.63, 3.8) is 0 Å². The maximum atomic E-state index is 13.7. The Labute approximate surface area is 213 Å². The number of esters is 1. The number of aliphatic hydroxyl groups excluding tert-OH is 1. The molecule has 1 aliphatic rings. The number of nitrogen functional groups attached to an aromatic ring is 1. The van der Waals surface area contributed by atoms with Crippen LogP contribution in [-0.2, 0) is 23.4 Å². The molecule has 4 N–H and O–H groups in total. The zero-order chi connectivity index (χ0) is 27.4. The molecule has 3 unspecified atom stereocenters. The molecule has 1 saturated heterocycles. The van der Waals surface area contributed by atoms with E-state index >= 15 is 0 Å². The lowest BCUT2D eigenvalue weighted by Crippen LogP contribution is -2.40. The third-order valence-corrected chi connectivity index (χ3v) is 7.21. The minimum atomic E-state index is -4.25.